The van der Waals surface area contributed by atoms with Crippen molar-refractivity contribution in [2.24, 2.45) is 5.41 Å². The molecule has 0 spiro atoms. The molecular formula is C18H22ClFN2O. The lowest BCUT2D eigenvalue weighted by atomic mass is 9.82. The Balaban J connectivity index is 0.00000264. The summed E-state index contributed by atoms with van der Waals surface area (Å²) < 4.78 is 13.1. The second-order valence-electron chi connectivity index (χ2n) is 6.45. The number of anilines is 1. The van der Waals surface area contributed by atoms with E-state index in [1.807, 2.05) is 20.8 Å². The normalized spacial score (nSPS) is 12.2. The Hall–Kier alpha value is -2.07. The highest BCUT2D eigenvalue weighted by Crippen LogP contribution is 2.33. The Bertz CT molecular complexity index is 665. The van der Waals surface area contributed by atoms with Gasteiger partial charge in [0.25, 0.3) is 5.91 Å². The Morgan fingerprint density at radius 2 is 1.74 bits per heavy atom. The molecule has 0 fully saturated rings. The fourth-order valence-corrected chi connectivity index (χ4v) is 2.35. The second-order valence-corrected chi connectivity index (χ2v) is 6.45. The SMILES string of the molecule is CC(C)(C)C(NC(=O)c1cccc(N)c1)c1ccc(F)cc1.Cl. The molecule has 0 aliphatic carbocycles. The number of carbonyl (C=O) groups is 1. The van der Waals surface area contributed by atoms with Crippen molar-refractivity contribution in [2.75, 3.05) is 5.73 Å². The molecule has 1 atom stereocenters. The first-order valence-electron chi connectivity index (χ1n) is 7.19. The van der Waals surface area contributed by atoms with E-state index in [1.54, 1.807) is 36.4 Å². The van der Waals surface area contributed by atoms with Crippen LogP contribution in [0, 0.1) is 11.2 Å². The number of nitrogens with two attached hydrogens (primary N) is 1. The van der Waals surface area contributed by atoms with Gasteiger partial charge in [-0.25, -0.2) is 4.39 Å². The molecule has 0 saturated carbocycles. The molecule has 2 rings (SSSR count). The highest BCUT2D eigenvalue weighted by molar-refractivity contribution is 5.95. The maximum atomic E-state index is 13.1. The van der Waals surface area contributed by atoms with E-state index in [1.165, 1.54) is 12.1 Å². The number of carbonyl (C=O) groups excluding carboxylic acids is 1. The van der Waals surface area contributed by atoms with E-state index < -0.39 is 0 Å². The van der Waals surface area contributed by atoms with E-state index in [4.69, 9.17) is 5.73 Å². The van der Waals surface area contributed by atoms with E-state index in [0.717, 1.165) is 5.56 Å². The van der Waals surface area contributed by atoms with Crippen LogP contribution >= 0.6 is 12.4 Å². The molecule has 0 saturated heterocycles. The fourth-order valence-electron chi connectivity index (χ4n) is 2.35. The van der Waals surface area contributed by atoms with E-state index in [0.29, 0.717) is 11.3 Å². The number of rotatable bonds is 3. The van der Waals surface area contributed by atoms with Gasteiger partial charge in [0.1, 0.15) is 5.82 Å². The van der Waals surface area contributed by atoms with Gasteiger partial charge in [0.15, 0.2) is 0 Å². The summed E-state index contributed by atoms with van der Waals surface area (Å²) in [6.45, 7) is 6.09. The minimum Gasteiger partial charge on any atom is -0.399 e. The molecule has 1 unspecified atom stereocenters. The minimum absolute atomic E-state index is 0. The quantitative estimate of drug-likeness (QED) is 0.819. The standard InChI is InChI=1S/C18H21FN2O.ClH/c1-18(2,3)16(12-7-9-14(19)10-8-12)21-17(22)13-5-4-6-15(20)11-13;/h4-11,16H,20H2,1-3H3,(H,21,22);1H. The van der Waals surface area contributed by atoms with Gasteiger partial charge in [-0.3, -0.25) is 4.79 Å². The first kappa shape index (κ1) is 19.0. The highest BCUT2D eigenvalue weighted by Gasteiger charge is 2.28. The molecule has 1 amide bonds. The van der Waals surface area contributed by atoms with Crippen LogP contribution in [0.2, 0.25) is 0 Å². The van der Waals surface area contributed by atoms with E-state index in [9.17, 15) is 9.18 Å². The maximum absolute atomic E-state index is 13.1. The van der Waals surface area contributed by atoms with Crippen LogP contribution in [0.5, 0.6) is 0 Å². The zero-order chi connectivity index (χ0) is 16.3. The summed E-state index contributed by atoms with van der Waals surface area (Å²) in [6, 6.07) is 12.8. The van der Waals surface area contributed by atoms with E-state index in [2.05, 4.69) is 5.32 Å². The number of nitrogens with one attached hydrogen (secondary N) is 1. The van der Waals surface area contributed by atoms with Gasteiger partial charge < -0.3 is 11.1 Å². The highest BCUT2D eigenvalue weighted by atomic mass is 35.5. The van der Waals surface area contributed by atoms with Crippen molar-refractivity contribution < 1.29 is 9.18 Å². The van der Waals surface area contributed by atoms with E-state index >= 15 is 0 Å². The summed E-state index contributed by atoms with van der Waals surface area (Å²) in [5.74, 6) is -0.491. The van der Waals surface area contributed by atoms with Crippen molar-refractivity contribution in [1.82, 2.24) is 5.32 Å². The summed E-state index contributed by atoms with van der Waals surface area (Å²) in [5, 5.41) is 3.02. The van der Waals surface area contributed by atoms with Crippen LogP contribution in [-0.2, 0) is 0 Å². The van der Waals surface area contributed by atoms with Gasteiger partial charge in [-0.2, -0.15) is 0 Å². The first-order chi connectivity index (χ1) is 10.3. The third kappa shape index (κ3) is 4.96. The number of amides is 1. The van der Waals surface area contributed by atoms with E-state index in [-0.39, 0.29) is 35.6 Å². The third-order valence-electron chi connectivity index (χ3n) is 3.49. The monoisotopic (exact) mass is 336 g/mol. The third-order valence-corrected chi connectivity index (χ3v) is 3.49. The molecule has 0 aromatic heterocycles. The molecule has 5 heteroatoms. The molecule has 3 N–H and O–H groups in total. The molecule has 23 heavy (non-hydrogen) atoms. The van der Waals surface area contributed by atoms with Crippen LogP contribution in [-0.4, -0.2) is 5.91 Å². The summed E-state index contributed by atoms with van der Waals surface area (Å²) >= 11 is 0. The van der Waals surface area contributed by atoms with Gasteiger partial charge in [-0.05, 0) is 41.3 Å². The number of benzene rings is 2. The molecule has 2 aromatic rings. The summed E-state index contributed by atoms with van der Waals surface area (Å²) in [6.07, 6.45) is 0. The average molecular weight is 337 g/mol. The smallest absolute Gasteiger partial charge is 0.251 e. The van der Waals surface area contributed by atoms with Crippen molar-refractivity contribution in [3.63, 3.8) is 0 Å². The van der Waals surface area contributed by atoms with Crippen LogP contribution in [0.25, 0.3) is 0 Å². The summed E-state index contributed by atoms with van der Waals surface area (Å²) in [4.78, 5) is 12.5. The summed E-state index contributed by atoms with van der Waals surface area (Å²) in [5.41, 5.74) is 7.43. The zero-order valence-electron chi connectivity index (χ0n) is 13.5. The van der Waals surface area contributed by atoms with Gasteiger partial charge in [-0.15, -0.1) is 12.4 Å². The number of hydrogen-bond donors (Lipinski definition) is 2. The first-order valence-corrected chi connectivity index (χ1v) is 7.19. The van der Waals surface area contributed by atoms with Crippen LogP contribution in [0.4, 0.5) is 10.1 Å². The van der Waals surface area contributed by atoms with Crippen LogP contribution in [0.15, 0.2) is 48.5 Å². The lowest BCUT2D eigenvalue weighted by molar-refractivity contribution is 0.0902. The number of hydrogen-bond acceptors (Lipinski definition) is 2. The lowest BCUT2D eigenvalue weighted by Crippen LogP contribution is -2.36. The maximum Gasteiger partial charge on any atom is 0.251 e. The minimum atomic E-state index is -0.293. The van der Waals surface area contributed by atoms with Crippen molar-refractivity contribution in [3.8, 4) is 0 Å². The molecule has 3 nitrogen and oxygen atoms in total. The van der Waals surface area contributed by atoms with Crippen LogP contribution in [0.1, 0.15) is 42.7 Å². The van der Waals surface area contributed by atoms with Crippen molar-refractivity contribution in [3.05, 3.63) is 65.5 Å². The largest absolute Gasteiger partial charge is 0.399 e. The van der Waals surface area contributed by atoms with Crippen LogP contribution in [0.3, 0.4) is 0 Å². The second kappa shape index (κ2) is 7.47. The van der Waals surface area contributed by atoms with Crippen molar-refractivity contribution in [2.45, 2.75) is 26.8 Å². The Morgan fingerprint density at radius 3 is 2.26 bits per heavy atom. The topological polar surface area (TPSA) is 55.1 Å². The fraction of sp³-hybridized carbons (Fsp3) is 0.278. The molecule has 0 radical (unpaired) electrons. The molecule has 0 aliphatic heterocycles. The van der Waals surface area contributed by atoms with Crippen molar-refractivity contribution >= 4 is 24.0 Å². The summed E-state index contributed by atoms with van der Waals surface area (Å²) in [7, 11) is 0. The predicted molar refractivity (Wildman–Crippen MR) is 94.2 cm³/mol. The zero-order valence-corrected chi connectivity index (χ0v) is 14.3. The number of halogens is 2. The Labute approximate surface area is 142 Å². The number of nitrogen functional groups attached to an aromatic ring is 1. The molecule has 0 aliphatic rings. The average Bonchev–Trinajstić information content (AvgIpc) is 2.44. The Kier molecular flexibility index (Phi) is 6.16. The molecular weight excluding hydrogens is 315 g/mol. The molecule has 2 aromatic carbocycles. The van der Waals surface area contributed by atoms with Gasteiger partial charge in [0.05, 0.1) is 6.04 Å². The van der Waals surface area contributed by atoms with Gasteiger partial charge in [-0.1, -0.05) is 39.0 Å². The molecule has 0 bridgehead atoms. The Morgan fingerprint density at radius 1 is 1.13 bits per heavy atom. The molecule has 124 valence electrons. The molecule has 0 heterocycles. The predicted octanol–water partition coefficient (Wildman–Crippen LogP) is 4.35. The van der Waals surface area contributed by atoms with Gasteiger partial charge in [0.2, 0.25) is 0 Å². The van der Waals surface area contributed by atoms with Gasteiger partial charge >= 0.3 is 0 Å². The lowest BCUT2D eigenvalue weighted by Gasteiger charge is -2.32. The van der Waals surface area contributed by atoms with Crippen LogP contribution < -0.4 is 11.1 Å². The van der Waals surface area contributed by atoms with Gasteiger partial charge in [0, 0.05) is 11.3 Å². The van der Waals surface area contributed by atoms with Crippen molar-refractivity contribution in [1.29, 1.82) is 0 Å².